The SMILES string of the molecule is O=C=C1CCN(C(=O)c2ccc(C(=O)O)cc2)C(=C=O)c2c1ccn2Cc1ccccc1. The largest absolute Gasteiger partial charge is 0.478 e. The number of carbonyl (C=O) groups excluding carboxylic acids is 3. The normalized spacial score (nSPS) is 13.1. The lowest BCUT2D eigenvalue weighted by Crippen LogP contribution is -2.31. The average molecular weight is 426 g/mol. The van der Waals surface area contributed by atoms with Crippen LogP contribution in [0.5, 0.6) is 0 Å². The number of carbonyl (C=O) groups is 2. The minimum atomic E-state index is -1.10. The Bertz CT molecular complexity index is 1290. The highest BCUT2D eigenvalue weighted by Gasteiger charge is 2.31. The van der Waals surface area contributed by atoms with Crippen LogP contribution in [-0.2, 0) is 16.1 Å². The van der Waals surface area contributed by atoms with E-state index < -0.39 is 11.9 Å². The van der Waals surface area contributed by atoms with Gasteiger partial charge in [0.1, 0.15) is 5.94 Å². The molecule has 1 amide bonds. The molecular formula is C25H18N2O5. The van der Waals surface area contributed by atoms with Gasteiger partial charge in [-0.05, 0) is 35.9 Å². The van der Waals surface area contributed by atoms with Gasteiger partial charge < -0.3 is 9.67 Å². The Hall–Kier alpha value is -4.44. The van der Waals surface area contributed by atoms with Crippen molar-refractivity contribution >= 4 is 35.0 Å². The van der Waals surface area contributed by atoms with Gasteiger partial charge in [-0.3, -0.25) is 9.69 Å². The lowest BCUT2D eigenvalue weighted by atomic mass is 10.1. The molecule has 0 spiro atoms. The van der Waals surface area contributed by atoms with Gasteiger partial charge in [-0.15, -0.1) is 0 Å². The first-order chi connectivity index (χ1) is 15.5. The molecule has 0 radical (unpaired) electrons. The highest BCUT2D eigenvalue weighted by Crippen LogP contribution is 2.34. The maximum absolute atomic E-state index is 13.3. The van der Waals surface area contributed by atoms with Crippen LogP contribution in [0.1, 0.15) is 44.0 Å². The van der Waals surface area contributed by atoms with Crippen LogP contribution in [0.4, 0.5) is 0 Å². The van der Waals surface area contributed by atoms with Gasteiger partial charge in [-0.2, -0.15) is 0 Å². The van der Waals surface area contributed by atoms with Crippen LogP contribution in [0.15, 0.2) is 66.9 Å². The monoisotopic (exact) mass is 426 g/mol. The van der Waals surface area contributed by atoms with E-state index in [1.807, 2.05) is 42.2 Å². The Morgan fingerprint density at radius 1 is 0.906 bits per heavy atom. The lowest BCUT2D eigenvalue weighted by Gasteiger charge is -2.22. The number of aromatic nitrogens is 1. The van der Waals surface area contributed by atoms with E-state index in [1.54, 1.807) is 16.8 Å². The third-order valence-electron chi connectivity index (χ3n) is 5.41. The fourth-order valence-corrected chi connectivity index (χ4v) is 3.81. The summed E-state index contributed by atoms with van der Waals surface area (Å²) in [4.78, 5) is 49.4. The van der Waals surface area contributed by atoms with Gasteiger partial charge in [0.05, 0.1) is 11.3 Å². The van der Waals surface area contributed by atoms with Crippen molar-refractivity contribution in [3.8, 4) is 0 Å². The van der Waals surface area contributed by atoms with Crippen LogP contribution in [0, 0.1) is 0 Å². The standard InChI is InChI=1S/C25H18N2O5/c28-15-20-10-13-27(24(30)18-6-8-19(9-7-18)25(31)32)22(16-29)23-21(20)11-12-26(23)14-17-4-2-1-3-5-17/h1-9,11-12H,10,13-14H2,(H,31,32). The topological polar surface area (TPSA) is 96.7 Å². The highest BCUT2D eigenvalue weighted by atomic mass is 16.4. The van der Waals surface area contributed by atoms with Crippen LogP contribution in [0.2, 0.25) is 0 Å². The summed E-state index contributed by atoms with van der Waals surface area (Å²) in [7, 11) is 0. The molecule has 0 atom stereocenters. The molecule has 2 heterocycles. The molecule has 1 aliphatic heterocycles. The van der Waals surface area contributed by atoms with Crippen LogP contribution in [0.25, 0.3) is 11.3 Å². The van der Waals surface area contributed by atoms with Crippen molar-refractivity contribution in [1.82, 2.24) is 9.47 Å². The van der Waals surface area contributed by atoms with E-state index in [9.17, 15) is 19.2 Å². The fourth-order valence-electron chi connectivity index (χ4n) is 3.81. The summed E-state index contributed by atoms with van der Waals surface area (Å²) in [5.41, 5.74) is 2.63. The number of aromatic carboxylic acids is 1. The number of hydrogen-bond donors (Lipinski definition) is 1. The molecule has 0 bridgehead atoms. The fraction of sp³-hybridized carbons (Fsp3) is 0.120. The molecular weight excluding hydrogens is 408 g/mol. The molecule has 1 aromatic heterocycles. The molecule has 0 aliphatic carbocycles. The molecule has 0 fully saturated rings. The first kappa shape index (κ1) is 20.8. The van der Waals surface area contributed by atoms with Crippen molar-refractivity contribution in [3.63, 3.8) is 0 Å². The summed E-state index contributed by atoms with van der Waals surface area (Å²) in [6.45, 7) is 0.525. The molecule has 1 aliphatic rings. The van der Waals surface area contributed by atoms with E-state index in [0.29, 0.717) is 23.4 Å². The van der Waals surface area contributed by atoms with Crippen LogP contribution < -0.4 is 0 Å². The maximum atomic E-state index is 13.3. The third kappa shape index (κ3) is 3.82. The number of carboxylic acid groups (broad SMARTS) is 1. The summed E-state index contributed by atoms with van der Waals surface area (Å²) in [6.07, 6.45) is 1.98. The molecule has 1 N–H and O–H groups in total. The van der Waals surface area contributed by atoms with Crippen LogP contribution in [-0.4, -0.2) is 44.9 Å². The number of nitrogens with zero attached hydrogens (tertiary/aromatic N) is 2. The van der Waals surface area contributed by atoms with E-state index >= 15 is 0 Å². The van der Waals surface area contributed by atoms with E-state index in [1.165, 1.54) is 29.2 Å². The quantitative estimate of drug-likeness (QED) is 0.647. The van der Waals surface area contributed by atoms with Gasteiger partial charge in [0.2, 0.25) is 0 Å². The Kier molecular flexibility index (Phi) is 5.69. The van der Waals surface area contributed by atoms with E-state index in [4.69, 9.17) is 5.11 Å². The molecule has 0 saturated heterocycles. The molecule has 7 heteroatoms. The average Bonchev–Trinajstić information content (AvgIpc) is 3.14. The van der Waals surface area contributed by atoms with E-state index in [-0.39, 0.29) is 29.8 Å². The van der Waals surface area contributed by atoms with Gasteiger partial charge in [0, 0.05) is 42.4 Å². The zero-order valence-corrected chi connectivity index (χ0v) is 16.9. The molecule has 0 saturated carbocycles. The highest BCUT2D eigenvalue weighted by molar-refractivity contribution is 6.07. The summed E-state index contributed by atoms with van der Waals surface area (Å²) < 4.78 is 1.81. The molecule has 4 rings (SSSR count). The molecule has 0 unspecified atom stereocenters. The summed E-state index contributed by atoms with van der Waals surface area (Å²) in [5, 5.41) is 9.08. The second kappa shape index (κ2) is 8.74. The Morgan fingerprint density at radius 3 is 2.22 bits per heavy atom. The van der Waals surface area contributed by atoms with Crippen molar-refractivity contribution in [1.29, 1.82) is 0 Å². The van der Waals surface area contributed by atoms with Crippen molar-refractivity contribution in [2.24, 2.45) is 0 Å². The molecule has 32 heavy (non-hydrogen) atoms. The minimum Gasteiger partial charge on any atom is -0.478 e. The zero-order chi connectivity index (χ0) is 22.7. The Labute approximate surface area is 183 Å². The first-order valence-corrected chi connectivity index (χ1v) is 9.91. The first-order valence-electron chi connectivity index (χ1n) is 9.91. The van der Waals surface area contributed by atoms with Gasteiger partial charge in [0.15, 0.2) is 11.6 Å². The summed E-state index contributed by atoms with van der Waals surface area (Å²) in [6, 6.07) is 16.8. The number of carboxylic acids is 1. The number of fused-ring (bicyclic) bond motifs is 1. The number of benzene rings is 2. The zero-order valence-electron chi connectivity index (χ0n) is 16.9. The van der Waals surface area contributed by atoms with Crippen LogP contribution in [0.3, 0.4) is 0 Å². The Morgan fingerprint density at radius 2 is 1.59 bits per heavy atom. The predicted molar refractivity (Wildman–Crippen MR) is 117 cm³/mol. The second-order valence-corrected chi connectivity index (χ2v) is 7.31. The van der Waals surface area contributed by atoms with Gasteiger partial charge in [0.25, 0.3) is 5.91 Å². The van der Waals surface area contributed by atoms with Crippen LogP contribution >= 0.6 is 0 Å². The van der Waals surface area contributed by atoms with Crippen molar-refractivity contribution < 1.29 is 24.3 Å². The summed E-state index contributed by atoms with van der Waals surface area (Å²) >= 11 is 0. The van der Waals surface area contributed by atoms with Gasteiger partial charge >= 0.3 is 5.97 Å². The minimum absolute atomic E-state index is 0.0264. The predicted octanol–water partition coefficient (Wildman–Crippen LogP) is 3.17. The third-order valence-corrected chi connectivity index (χ3v) is 5.41. The molecule has 7 nitrogen and oxygen atoms in total. The molecule has 2 aromatic carbocycles. The smallest absolute Gasteiger partial charge is 0.335 e. The van der Waals surface area contributed by atoms with Crippen molar-refractivity contribution in [3.05, 3.63) is 94.8 Å². The molecule has 3 aromatic rings. The van der Waals surface area contributed by atoms with E-state index in [0.717, 1.165) is 5.56 Å². The maximum Gasteiger partial charge on any atom is 0.335 e. The number of rotatable bonds is 4. The summed E-state index contributed by atoms with van der Waals surface area (Å²) in [5.74, 6) is 2.27. The Balaban J connectivity index is 1.77. The van der Waals surface area contributed by atoms with E-state index in [2.05, 4.69) is 0 Å². The lowest BCUT2D eigenvalue weighted by molar-refractivity contribution is 0.0695. The number of hydrogen-bond acceptors (Lipinski definition) is 4. The number of amides is 1. The molecule has 158 valence electrons. The second-order valence-electron chi connectivity index (χ2n) is 7.31. The van der Waals surface area contributed by atoms with Crippen molar-refractivity contribution in [2.75, 3.05) is 6.54 Å². The van der Waals surface area contributed by atoms with Crippen molar-refractivity contribution in [2.45, 2.75) is 13.0 Å². The van der Waals surface area contributed by atoms with Gasteiger partial charge in [-0.1, -0.05) is 30.3 Å². The van der Waals surface area contributed by atoms with Gasteiger partial charge in [-0.25, -0.2) is 14.4 Å².